The minimum absolute atomic E-state index is 0.108. The van der Waals surface area contributed by atoms with Crippen LogP contribution < -0.4 is 16.6 Å². The van der Waals surface area contributed by atoms with Crippen LogP contribution in [0.15, 0.2) is 58.1 Å². The van der Waals surface area contributed by atoms with Gasteiger partial charge in [0.2, 0.25) is 5.91 Å². The first kappa shape index (κ1) is 19.2. The van der Waals surface area contributed by atoms with E-state index in [2.05, 4.69) is 5.32 Å². The first-order chi connectivity index (χ1) is 14.1. The summed E-state index contributed by atoms with van der Waals surface area (Å²) in [5.74, 6) is -0.198. The minimum Gasteiger partial charge on any atom is -0.352 e. The van der Waals surface area contributed by atoms with Crippen molar-refractivity contribution < 1.29 is 4.79 Å². The molecule has 150 valence electrons. The summed E-state index contributed by atoms with van der Waals surface area (Å²) in [6.07, 6.45) is 5.06. The summed E-state index contributed by atoms with van der Waals surface area (Å²) in [5.41, 5.74) is 1.24. The second kappa shape index (κ2) is 8.07. The molecule has 1 aromatic heterocycles. The van der Waals surface area contributed by atoms with Crippen LogP contribution in [0.25, 0.3) is 16.6 Å². The fourth-order valence-electron chi connectivity index (χ4n) is 4.07. The molecule has 0 saturated heterocycles. The molecule has 1 aliphatic rings. The van der Waals surface area contributed by atoms with Gasteiger partial charge >= 0.3 is 5.69 Å². The van der Waals surface area contributed by atoms with Gasteiger partial charge in [0.05, 0.1) is 16.6 Å². The number of carbonyl (C=O) groups is 1. The summed E-state index contributed by atoms with van der Waals surface area (Å²) in [6, 6.07) is 14.5. The average Bonchev–Trinajstić information content (AvgIpc) is 3.24. The van der Waals surface area contributed by atoms with Crippen LogP contribution in [-0.2, 0) is 17.8 Å². The number of nitrogens with one attached hydrogen (secondary N) is 1. The number of nitrogens with zero attached hydrogens (tertiary/aromatic N) is 2. The summed E-state index contributed by atoms with van der Waals surface area (Å²) in [6.45, 7) is 1.94. The van der Waals surface area contributed by atoms with Crippen molar-refractivity contribution in [1.82, 2.24) is 14.5 Å². The van der Waals surface area contributed by atoms with Gasteiger partial charge in [0.1, 0.15) is 6.54 Å². The predicted octanol–water partition coefficient (Wildman–Crippen LogP) is 2.77. The molecule has 29 heavy (non-hydrogen) atoms. The maximum atomic E-state index is 13.3. The molecule has 1 fully saturated rings. The zero-order chi connectivity index (χ0) is 20.4. The number of aryl methyl sites for hydroxylation is 1. The lowest BCUT2D eigenvalue weighted by molar-refractivity contribution is -0.122. The van der Waals surface area contributed by atoms with Crippen LogP contribution in [0.5, 0.6) is 0 Å². The molecule has 6 heteroatoms. The van der Waals surface area contributed by atoms with Gasteiger partial charge in [-0.05, 0) is 49.1 Å². The molecular weight excluding hydrogens is 366 g/mol. The highest BCUT2D eigenvalue weighted by atomic mass is 16.2. The van der Waals surface area contributed by atoms with E-state index in [1.807, 2.05) is 19.1 Å². The third kappa shape index (κ3) is 3.75. The molecule has 0 radical (unpaired) electrons. The Morgan fingerprint density at radius 3 is 2.41 bits per heavy atom. The zero-order valence-electron chi connectivity index (χ0n) is 16.6. The molecule has 1 amide bonds. The second-order valence-corrected chi connectivity index (χ2v) is 7.60. The van der Waals surface area contributed by atoms with Crippen LogP contribution in [0.3, 0.4) is 0 Å². The van der Waals surface area contributed by atoms with Crippen LogP contribution in [-0.4, -0.2) is 21.1 Å². The molecule has 6 nitrogen and oxygen atoms in total. The Morgan fingerprint density at radius 2 is 1.72 bits per heavy atom. The van der Waals surface area contributed by atoms with E-state index in [1.165, 1.54) is 4.57 Å². The summed E-state index contributed by atoms with van der Waals surface area (Å²) >= 11 is 0. The fraction of sp³-hybridized carbons (Fsp3) is 0.348. The average molecular weight is 391 g/mol. The van der Waals surface area contributed by atoms with E-state index in [-0.39, 0.29) is 24.1 Å². The summed E-state index contributed by atoms with van der Waals surface area (Å²) in [5, 5.41) is 3.44. The Kier molecular flexibility index (Phi) is 5.34. The van der Waals surface area contributed by atoms with Gasteiger partial charge in [-0.3, -0.25) is 14.2 Å². The van der Waals surface area contributed by atoms with Crippen LogP contribution in [0.1, 0.15) is 38.2 Å². The third-order valence-electron chi connectivity index (χ3n) is 5.68. The molecule has 0 atom stereocenters. The highest BCUT2D eigenvalue weighted by Crippen LogP contribution is 2.17. The van der Waals surface area contributed by atoms with Crippen molar-refractivity contribution in [3.63, 3.8) is 0 Å². The van der Waals surface area contributed by atoms with Crippen LogP contribution in [0.4, 0.5) is 0 Å². The van der Waals surface area contributed by atoms with Gasteiger partial charge in [0, 0.05) is 6.04 Å². The van der Waals surface area contributed by atoms with Gasteiger partial charge < -0.3 is 5.32 Å². The van der Waals surface area contributed by atoms with Gasteiger partial charge in [0.25, 0.3) is 5.56 Å². The van der Waals surface area contributed by atoms with E-state index in [1.54, 1.807) is 36.4 Å². The van der Waals surface area contributed by atoms with Crippen LogP contribution >= 0.6 is 0 Å². The SMILES string of the molecule is CCc1ccc(-n2c(=O)c3ccccc3n(CC(=O)NC3CCCC3)c2=O)cc1. The monoisotopic (exact) mass is 391 g/mol. The van der Waals surface area contributed by atoms with Crippen molar-refractivity contribution in [3.8, 4) is 5.69 Å². The van der Waals surface area contributed by atoms with E-state index in [0.717, 1.165) is 42.2 Å². The number of rotatable bonds is 5. The summed E-state index contributed by atoms with van der Waals surface area (Å²) in [7, 11) is 0. The molecule has 0 bridgehead atoms. The van der Waals surface area contributed by atoms with E-state index >= 15 is 0 Å². The number of hydrogen-bond acceptors (Lipinski definition) is 3. The Labute approximate surface area is 168 Å². The van der Waals surface area contributed by atoms with Gasteiger partial charge in [-0.1, -0.05) is 44.0 Å². The number of carbonyl (C=O) groups excluding carboxylic acids is 1. The third-order valence-corrected chi connectivity index (χ3v) is 5.68. The molecule has 0 aliphatic heterocycles. The lowest BCUT2D eigenvalue weighted by Crippen LogP contribution is -2.43. The molecule has 3 aromatic rings. The van der Waals surface area contributed by atoms with E-state index < -0.39 is 5.69 Å². The largest absolute Gasteiger partial charge is 0.352 e. The van der Waals surface area contributed by atoms with Gasteiger partial charge in [-0.15, -0.1) is 0 Å². The molecule has 1 heterocycles. The summed E-state index contributed by atoms with van der Waals surface area (Å²) in [4.78, 5) is 39.0. The second-order valence-electron chi connectivity index (χ2n) is 7.60. The standard InChI is InChI=1S/C23H25N3O3/c1-2-16-11-13-18(14-12-16)26-22(28)19-9-5-6-10-20(19)25(23(26)29)15-21(27)24-17-7-3-4-8-17/h5-6,9-14,17H,2-4,7-8,15H2,1H3,(H,24,27). The van der Waals surface area contributed by atoms with Gasteiger partial charge in [-0.2, -0.15) is 0 Å². The van der Waals surface area contributed by atoms with Crippen molar-refractivity contribution in [2.24, 2.45) is 0 Å². The molecule has 1 saturated carbocycles. The maximum Gasteiger partial charge on any atom is 0.336 e. The van der Waals surface area contributed by atoms with E-state index in [9.17, 15) is 14.4 Å². The molecule has 4 rings (SSSR count). The molecule has 1 aliphatic carbocycles. The molecule has 2 aromatic carbocycles. The lowest BCUT2D eigenvalue weighted by Gasteiger charge is -2.16. The van der Waals surface area contributed by atoms with Crippen molar-refractivity contribution >= 4 is 16.8 Å². The fourth-order valence-corrected chi connectivity index (χ4v) is 4.07. The van der Waals surface area contributed by atoms with E-state index in [0.29, 0.717) is 16.6 Å². The predicted molar refractivity (Wildman–Crippen MR) is 114 cm³/mol. The summed E-state index contributed by atoms with van der Waals surface area (Å²) < 4.78 is 2.55. The molecule has 0 unspecified atom stereocenters. The Hall–Kier alpha value is -3.15. The van der Waals surface area contributed by atoms with E-state index in [4.69, 9.17) is 0 Å². The molecule has 1 N–H and O–H groups in total. The lowest BCUT2D eigenvalue weighted by atomic mass is 10.1. The maximum absolute atomic E-state index is 13.3. The Morgan fingerprint density at radius 1 is 1.03 bits per heavy atom. The molecular formula is C23H25N3O3. The number of aromatic nitrogens is 2. The van der Waals surface area contributed by atoms with Crippen molar-refractivity contribution in [2.75, 3.05) is 0 Å². The topological polar surface area (TPSA) is 73.1 Å². The number of hydrogen-bond donors (Lipinski definition) is 1. The van der Waals surface area contributed by atoms with Crippen molar-refractivity contribution in [2.45, 2.75) is 51.6 Å². The minimum atomic E-state index is -0.500. The van der Waals surface area contributed by atoms with Crippen molar-refractivity contribution in [3.05, 3.63) is 74.9 Å². The quantitative estimate of drug-likeness (QED) is 0.727. The zero-order valence-corrected chi connectivity index (χ0v) is 16.6. The number of benzene rings is 2. The van der Waals surface area contributed by atoms with Crippen LogP contribution in [0.2, 0.25) is 0 Å². The first-order valence-electron chi connectivity index (χ1n) is 10.2. The number of fused-ring (bicyclic) bond motifs is 1. The smallest absolute Gasteiger partial charge is 0.336 e. The van der Waals surface area contributed by atoms with Crippen molar-refractivity contribution in [1.29, 1.82) is 0 Å². The Balaban J connectivity index is 1.81. The Bertz CT molecular complexity index is 1150. The number of para-hydroxylation sites is 1. The van der Waals surface area contributed by atoms with Gasteiger partial charge in [0.15, 0.2) is 0 Å². The highest BCUT2D eigenvalue weighted by molar-refractivity contribution is 5.82. The molecule has 0 spiro atoms. The normalized spacial score (nSPS) is 14.4. The first-order valence-corrected chi connectivity index (χ1v) is 10.2. The highest BCUT2D eigenvalue weighted by Gasteiger charge is 2.20. The number of amides is 1. The van der Waals surface area contributed by atoms with Crippen LogP contribution in [0, 0.1) is 0 Å². The van der Waals surface area contributed by atoms with Gasteiger partial charge in [-0.25, -0.2) is 9.36 Å².